The maximum absolute atomic E-state index is 11.4. The summed E-state index contributed by atoms with van der Waals surface area (Å²) in [5.41, 5.74) is 6.68. The first-order valence-electron chi connectivity index (χ1n) is 12.1. The number of carboxylic acid groups (broad SMARTS) is 1. The molecule has 7 heteroatoms. The van der Waals surface area contributed by atoms with Crippen LogP contribution in [0.1, 0.15) is 4.88 Å². The normalized spacial score (nSPS) is 11.4. The maximum Gasteiger partial charge on any atom is 0.346 e. The standard InChI is InChI=1S/C32H19N3O2S2/c33-19-22(32(36)37)18-23-13-16-27(39-23)25-15-14-24(26-12-7-17-38-26)30-31(25)35-29(21-10-5-2-6-11-21)28(34-30)20-8-3-1-4-9-20/h1-18H,(H,36,37). The molecule has 6 aromatic rings. The van der Waals surface area contributed by atoms with Crippen LogP contribution in [0, 0.1) is 11.3 Å². The third kappa shape index (κ3) is 4.75. The molecule has 0 aliphatic rings. The van der Waals surface area contributed by atoms with Gasteiger partial charge in [0.05, 0.1) is 22.4 Å². The fourth-order valence-electron chi connectivity index (χ4n) is 4.42. The lowest BCUT2D eigenvalue weighted by Crippen LogP contribution is -1.98. The van der Waals surface area contributed by atoms with Crippen molar-refractivity contribution in [2.45, 2.75) is 0 Å². The Hall–Kier alpha value is -4.90. The van der Waals surface area contributed by atoms with Crippen LogP contribution in [0.25, 0.3) is 60.5 Å². The van der Waals surface area contributed by atoms with Gasteiger partial charge in [0.25, 0.3) is 0 Å². The van der Waals surface area contributed by atoms with Crippen molar-refractivity contribution in [3.05, 3.63) is 113 Å². The average molecular weight is 542 g/mol. The number of carboxylic acids is 1. The molecule has 0 amide bonds. The zero-order chi connectivity index (χ0) is 26.8. The summed E-state index contributed by atoms with van der Waals surface area (Å²) in [4.78, 5) is 24.6. The minimum Gasteiger partial charge on any atom is -0.477 e. The van der Waals surface area contributed by atoms with E-state index in [0.717, 1.165) is 54.4 Å². The first-order valence-corrected chi connectivity index (χ1v) is 13.8. The molecular weight excluding hydrogens is 523 g/mol. The molecule has 0 radical (unpaired) electrons. The lowest BCUT2D eigenvalue weighted by molar-refractivity contribution is -0.132. The molecule has 0 fully saturated rings. The highest BCUT2D eigenvalue weighted by Crippen LogP contribution is 2.41. The predicted molar refractivity (Wildman–Crippen MR) is 158 cm³/mol. The van der Waals surface area contributed by atoms with Crippen LogP contribution >= 0.6 is 22.7 Å². The second-order valence-corrected chi connectivity index (χ2v) is 10.7. The van der Waals surface area contributed by atoms with E-state index in [-0.39, 0.29) is 5.57 Å². The molecule has 0 atom stereocenters. The fraction of sp³-hybridized carbons (Fsp3) is 0. The van der Waals surface area contributed by atoms with Crippen molar-refractivity contribution in [1.29, 1.82) is 5.26 Å². The summed E-state index contributed by atoms with van der Waals surface area (Å²) < 4.78 is 0. The zero-order valence-corrected chi connectivity index (χ0v) is 22.0. The summed E-state index contributed by atoms with van der Waals surface area (Å²) in [6.45, 7) is 0. The van der Waals surface area contributed by atoms with Crippen LogP contribution in [0.4, 0.5) is 0 Å². The molecule has 5 nitrogen and oxygen atoms in total. The van der Waals surface area contributed by atoms with Crippen LogP contribution in [0.15, 0.2) is 108 Å². The minimum atomic E-state index is -1.25. The molecule has 0 aliphatic carbocycles. The van der Waals surface area contributed by atoms with Gasteiger partial charge in [0.15, 0.2) is 0 Å². The highest BCUT2D eigenvalue weighted by Gasteiger charge is 2.20. The molecule has 0 bridgehead atoms. The van der Waals surface area contributed by atoms with Gasteiger partial charge < -0.3 is 5.11 Å². The van der Waals surface area contributed by atoms with Gasteiger partial charge in [-0.3, -0.25) is 0 Å². The molecule has 0 spiro atoms. The average Bonchev–Trinajstić information content (AvgIpc) is 3.68. The van der Waals surface area contributed by atoms with Gasteiger partial charge in [-0.25, -0.2) is 14.8 Å². The number of aliphatic carboxylic acids is 1. The van der Waals surface area contributed by atoms with Gasteiger partial charge in [0.1, 0.15) is 11.6 Å². The molecule has 3 aromatic heterocycles. The number of thiophene rings is 2. The summed E-state index contributed by atoms with van der Waals surface area (Å²) in [5, 5.41) is 20.5. The molecule has 0 saturated heterocycles. The molecule has 0 aliphatic heterocycles. The first kappa shape index (κ1) is 24.4. The largest absolute Gasteiger partial charge is 0.477 e. The van der Waals surface area contributed by atoms with Crippen molar-refractivity contribution in [3.8, 4) is 49.5 Å². The van der Waals surface area contributed by atoms with Gasteiger partial charge in [-0.2, -0.15) is 5.26 Å². The molecule has 6 rings (SSSR count). The molecule has 3 heterocycles. The van der Waals surface area contributed by atoms with Crippen molar-refractivity contribution in [2.75, 3.05) is 0 Å². The number of nitriles is 1. The molecule has 39 heavy (non-hydrogen) atoms. The highest BCUT2D eigenvalue weighted by molar-refractivity contribution is 7.16. The lowest BCUT2D eigenvalue weighted by Gasteiger charge is -2.14. The molecule has 0 saturated carbocycles. The van der Waals surface area contributed by atoms with E-state index < -0.39 is 5.97 Å². The Morgan fingerprint density at radius 3 is 1.85 bits per heavy atom. The quantitative estimate of drug-likeness (QED) is 0.169. The van der Waals surface area contributed by atoms with Crippen LogP contribution in [0.3, 0.4) is 0 Å². The van der Waals surface area contributed by atoms with E-state index in [1.807, 2.05) is 90.3 Å². The Bertz CT molecular complexity index is 1890. The van der Waals surface area contributed by atoms with Crippen LogP contribution in [0.5, 0.6) is 0 Å². The van der Waals surface area contributed by atoms with Gasteiger partial charge in [-0.1, -0.05) is 78.9 Å². The number of nitrogens with zero attached hydrogens (tertiary/aromatic N) is 3. The fourth-order valence-corrected chi connectivity index (χ4v) is 6.15. The van der Waals surface area contributed by atoms with E-state index in [0.29, 0.717) is 4.88 Å². The number of rotatable bonds is 6. The summed E-state index contributed by atoms with van der Waals surface area (Å²) in [7, 11) is 0. The Morgan fingerprint density at radius 2 is 1.33 bits per heavy atom. The monoisotopic (exact) mass is 541 g/mol. The van der Waals surface area contributed by atoms with Gasteiger partial charge in [0, 0.05) is 36.9 Å². The third-order valence-electron chi connectivity index (χ3n) is 6.23. The number of hydrogen-bond acceptors (Lipinski definition) is 6. The van der Waals surface area contributed by atoms with Gasteiger partial charge in [0.2, 0.25) is 0 Å². The second-order valence-electron chi connectivity index (χ2n) is 8.67. The molecular formula is C32H19N3O2S2. The van der Waals surface area contributed by atoms with Crippen LogP contribution in [-0.2, 0) is 4.79 Å². The first-order chi connectivity index (χ1) is 19.1. The Morgan fingerprint density at radius 1 is 0.744 bits per heavy atom. The Labute approximate surface area is 232 Å². The summed E-state index contributed by atoms with van der Waals surface area (Å²) >= 11 is 3.06. The SMILES string of the molecule is N#CC(=Cc1ccc(-c2ccc(-c3cccs3)c3nc(-c4ccccc4)c(-c4ccccc4)nc23)s1)C(=O)O. The number of aromatic nitrogens is 2. The zero-order valence-electron chi connectivity index (χ0n) is 20.4. The Kier molecular flexibility index (Phi) is 6.55. The number of hydrogen-bond donors (Lipinski definition) is 1. The lowest BCUT2D eigenvalue weighted by atomic mass is 10.0. The van der Waals surface area contributed by atoms with Crippen LogP contribution in [0.2, 0.25) is 0 Å². The van der Waals surface area contributed by atoms with E-state index in [1.165, 1.54) is 17.4 Å². The smallest absolute Gasteiger partial charge is 0.346 e. The van der Waals surface area contributed by atoms with Crippen molar-refractivity contribution in [2.24, 2.45) is 0 Å². The van der Waals surface area contributed by atoms with E-state index in [1.54, 1.807) is 17.4 Å². The van der Waals surface area contributed by atoms with E-state index in [9.17, 15) is 15.2 Å². The van der Waals surface area contributed by atoms with Crippen molar-refractivity contribution in [1.82, 2.24) is 9.97 Å². The number of carbonyl (C=O) groups is 1. The highest BCUT2D eigenvalue weighted by atomic mass is 32.1. The van der Waals surface area contributed by atoms with Crippen molar-refractivity contribution < 1.29 is 9.90 Å². The molecule has 186 valence electrons. The predicted octanol–water partition coefficient (Wildman–Crippen LogP) is 8.41. The van der Waals surface area contributed by atoms with E-state index >= 15 is 0 Å². The number of fused-ring (bicyclic) bond motifs is 1. The van der Waals surface area contributed by atoms with Gasteiger partial charge >= 0.3 is 5.97 Å². The van der Waals surface area contributed by atoms with Crippen LogP contribution < -0.4 is 0 Å². The summed E-state index contributed by atoms with van der Waals surface area (Å²) in [5.74, 6) is -1.25. The Balaban J connectivity index is 1.64. The topological polar surface area (TPSA) is 86.9 Å². The van der Waals surface area contributed by atoms with E-state index in [2.05, 4.69) is 12.1 Å². The second kappa shape index (κ2) is 10.5. The van der Waals surface area contributed by atoms with Crippen LogP contribution in [-0.4, -0.2) is 21.0 Å². The molecule has 3 aromatic carbocycles. The van der Waals surface area contributed by atoms with E-state index in [4.69, 9.17) is 9.97 Å². The minimum absolute atomic E-state index is 0.306. The van der Waals surface area contributed by atoms with Gasteiger partial charge in [-0.15, -0.1) is 22.7 Å². The molecule has 1 N–H and O–H groups in total. The van der Waals surface area contributed by atoms with Gasteiger partial charge in [-0.05, 0) is 29.7 Å². The number of benzene rings is 3. The third-order valence-corrected chi connectivity index (χ3v) is 8.20. The maximum atomic E-state index is 11.4. The van der Waals surface area contributed by atoms with Crippen molar-refractivity contribution in [3.63, 3.8) is 0 Å². The van der Waals surface area contributed by atoms with Crippen molar-refractivity contribution >= 4 is 45.8 Å². The summed E-state index contributed by atoms with van der Waals surface area (Å²) in [6, 6.07) is 33.8. The molecule has 0 unspecified atom stereocenters. The summed E-state index contributed by atoms with van der Waals surface area (Å²) in [6.07, 6.45) is 1.40.